The van der Waals surface area contributed by atoms with E-state index < -0.39 is 0 Å². The van der Waals surface area contributed by atoms with Crippen LogP contribution >= 0.6 is 11.3 Å². The highest BCUT2D eigenvalue weighted by Gasteiger charge is 2.22. The van der Waals surface area contributed by atoms with E-state index in [0.29, 0.717) is 5.92 Å². The van der Waals surface area contributed by atoms with Crippen LogP contribution in [-0.2, 0) is 0 Å². The third kappa shape index (κ3) is 2.67. The number of nitrogens with one attached hydrogen (secondary N) is 1. The molecule has 1 aromatic carbocycles. The Morgan fingerprint density at radius 1 is 1.26 bits per heavy atom. The minimum absolute atomic E-state index is 0.649. The van der Waals surface area contributed by atoms with Gasteiger partial charge in [-0.15, -0.1) is 0 Å². The predicted molar refractivity (Wildman–Crippen MR) is 84.2 cm³/mol. The number of hydrogen-bond donors (Lipinski definition) is 1. The van der Waals surface area contributed by atoms with Crippen molar-refractivity contribution in [2.75, 3.05) is 32.5 Å². The van der Waals surface area contributed by atoms with E-state index in [4.69, 9.17) is 0 Å². The Bertz CT molecular complexity index is 546. The average molecular weight is 272 g/mol. The van der Waals surface area contributed by atoms with E-state index in [-0.39, 0.29) is 0 Å². The van der Waals surface area contributed by atoms with Gasteiger partial charge in [-0.05, 0) is 72.7 Å². The van der Waals surface area contributed by atoms with Crippen molar-refractivity contribution in [1.29, 1.82) is 0 Å². The van der Waals surface area contributed by atoms with Crippen LogP contribution in [0.25, 0.3) is 11.1 Å². The van der Waals surface area contributed by atoms with Crippen LogP contribution in [-0.4, -0.2) is 32.1 Å². The smallest absolute Gasteiger partial charge is 0.0376 e. The summed E-state index contributed by atoms with van der Waals surface area (Å²) in [7, 11) is 4.29. The Hall–Kier alpha value is -1.32. The molecule has 1 aromatic heterocycles. The predicted octanol–water partition coefficient (Wildman–Crippen LogP) is 3.88. The number of rotatable bonds is 4. The molecule has 0 saturated carbocycles. The zero-order valence-corrected chi connectivity index (χ0v) is 12.3. The Labute approximate surface area is 119 Å². The lowest BCUT2D eigenvalue weighted by Crippen LogP contribution is -2.16. The van der Waals surface area contributed by atoms with Crippen molar-refractivity contribution in [3.05, 3.63) is 40.6 Å². The summed E-state index contributed by atoms with van der Waals surface area (Å²) < 4.78 is 0. The Kier molecular flexibility index (Phi) is 3.58. The summed E-state index contributed by atoms with van der Waals surface area (Å²) >= 11 is 1.76. The van der Waals surface area contributed by atoms with E-state index >= 15 is 0 Å². The summed E-state index contributed by atoms with van der Waals surface area (Å²) in [5.74, 6) is 0.649. The topological polar surface area (TPSA) is 15.3 Å². The summed E-state index contributed by atoms with van der Waals surface area (Å²) in [6.07, 6.45) is 1.22. The van der Waals surface area contributed by atoms with Gasteiger partial charge in [0.1, 0.15) is 0 Å². The molecule has 1 unspecified atom stereocenters. The van der Waals surface area contributed by atoms with E-state index in [1.165, 1.54) is 28.8 Å². The van der Waals surface area contributed by atoms with E-state index in [1.807, 2.05) is 0 Å². The molecule has 1 aliphatic heterocycles. The summed E-state index contributed by atoms with van der Waals surface area (Å²) in [6.45, 7) is 2.23. The maximum absolute atomic E-state index is 3.53. The van der Waals surface area contributed by atoms with Gasteiger partial charge in [-0.25, -0.2) is 0 Å². The number of thiophene rings is 1. The minimum Gasteiger partial charge on any atom is -0.384 e. The number of benzene rings is 1. The maximum Gasteiger partial charge on any atom is 0.0376 e. The largest absolute Gasteiger partial charge is 0.384 e. The van der Waals surface area contributed by atoms with Crippen molar-refractivity contribution in [2.24, 2.45) is 0 Å². The van der Waals surface area contributed by atoms with Gasteiger partial charge >= 0.3 is 0 Å². The van der Waals surface area contributed by atoms with E-state index in [1.54, 1.807) is 11.3 Å². The van der Waals surface area contributed by atoms with Crippen molar-refractivity contribution in [1.82, 2.24) is 4.90 Å². The molecule has 2 nitrogen and oxygen atoms in total. The Balaban J connectivity index is 1.85. The van der Waals surface area contributed by atoms with Crippen molar-refractivity contribution in [2.45, 2.75) is 12.3 Å². The molecule has 1 atom stereocenters. The van der Waals surface area contributed by atoms with Crippen LogP contribution in [0, 0.1) is 0 Å². The van der Waals surface area contributed by atoms with Crippen molar-refractivity contribution in [3.63, 3.8) is 0 Å². The van der Waals surface area contributed by atoms with E-state index in [0.717, 1.165) is 13.1 Å². The molecule has 19 heavy (non-hydrogen) atoms. The molecule has 100 valence electrons. The molecule has 1 N–H and O–H groups in total. The second-order valence-electron chi connectivity index (χ2n) is 5.48. The molecule has 2 heterocycles. The molecule has 0 bridgehead atoms. The molecule has 3 rings (SSSR count). The SMILES string of the molecule is CN(C)CCC1CNc2ccc(-c3ccsc3)cc21. The van der Waals surface area contributed by atoms with Gasteiger partial charge in [-0.2, -0.15) is 11.3 Å². The van der Waals surface area contributed by atoms with Crippen LogP contribution in [0.4, 0.5) is 5.69 Å². The zero-order chi connectivity index (χ0) is 13.2. The summed E-state index contributed by atoms with van der Waals surface area (Å²) in [6, 6.07) is 9.03. The molecule has 3 heteroatoms. The quantitative estimate of drug-likeness (QED) is 0.908. The standard InChI is InChI=1S/C16H20N2S/c1-18(2)7-5-13-10-17-16-4-3-12(9-15(13)16)14-6-8-19-11-14/h3-4,6,8-9,11,13,17H,5,7,10H2,1-2H3. The highest BCUT2D eigenvalue weighted by atomic mass is 32.1. The normalized spacial score (nSPS) is 17.5. The second-order valence-corrected chi connectivity index (χ2v) is 6.26. The zero-order valence-electron chi connectivity index (χ0n) is 11.5. The van der Waals surface area contributed by atoms with Crippen molar-refractivity contribution >= 4 is 17.0 Å². The first kappa shape index (κ1) is 12.7. The lowest BCUT2D eigenvalue weighted by molar-refractivity contribution is 0.386. The molecule has 0 radical (unpaired) electrons. The van der Waals surface area contributed by atoms with Crippen LogP contribution in [0.1, 0.15) is 17.9 Å². The van der Waals surface area contributed by atoms with Gasteiger partial charge in [0.15, 0.2) is 0 Å². The summed E-state index contributed by atoms with van der Waals surface area (Å²) in [4.78, 5) is 2.26. The van der Waals surface area contributed by atoms with Crippen LogP contribution in [0.15, 0.2) is 35.0 Å². The first-order valence-electron chi connectivity index (χ1n) is 6.79. The number of hydrogen-bond acceptors (Lipinski definition) is 3. The number of nitrogens with zero attached hydrogens (tertiary/aromatic N) is 1. The molecular formula is C16H20N2S. The summed E-state index contributed by atoms with van der Waals surface area (Å²) in [5.41, 5.74) is 5.50. The van der Waals surface area contributed by atoms with Crippen molar-refractivity contribution in [3.8, 4) is 11.1 Å². The summed E-state index contributed by atoms with van der Waals surface area (Å²) in [5, 5.41) is 7.89. The molecule has 0 fully saturated rings. The molecule has 2 aromatic rings. The van der Waals surface area contributed by atoms with Crippen LogP contribution < -0.4 is 5.32 Å². The fourth-order valence-electron chi connectivity index (χ4n) is 2.68. The molecule has 0 aliphatic carbocycles. The molecule has 0 saturated heterocycles. The first-order chi connectivity index (χ1) is 9.24. The van der Waals surface area contributed by atoms with Gasteiger partial charge in [0.2, 0.25) is 0 Å². The van der Waals surface area contributed by atoms with Gasteiger partial charge in [0.25, 0.3) is 0 Å². The number of fused-ring (bicyclic) bond motifs is 1. The van der Waals surface area contributed by atoms with Crippen LogP contribution in [0.3, 0.4) is 0 Å². The maximum atomic E-state index is 3.53. The third-order valence-corrected chi connectivity index (χ3v) is 4.49. The fourth-order valence-corrected chi connectivity index (χ4v) is 3.35. The van der Waals surface area contributed by atoms with Crippen LogP contribution in [0.5, 0.6) is 0 Å². The Morgan fingerprint density at radius 3 is 2.89 bits per heavy atom. The third-order valence-electron chi connectivity index (χ3n) is 3.81. The van der Waals surface area contributed by atoms with Gasteiger partial charge < -0.3 is 10.2 Å². The lowest BCUT2D eigenvalue weighted by atomic mass is 9.95. The lowest BCUT2D eigenvalue weighted by Gasteiger charge is -2.14. The Morgan fingerprint density at radius 2 is 2.16 bits per heavy atom. The van der Waals surface area contributed by atoms with Gasteiger partial charge in [0.05, 0.1) is 0 Å². The van der Waals surface area contributed by atoms with Gasteiger partial charge in [-0.1, -0.05) is 6.07 Å². The van der Waals surface area contributed by atoms with Gasteiger partial charge in [0, 0.05) is 18.2 Å². The fraction of sp³-hybridized carbons (Fsp3) is 0.375. The van der Waals surface area contributed by atoms with Gasteiger partial charge in [-0.3, -0.25) is 0 Å². The van der Waals surface area contributed by atoms with Crippen LogP contribution in [0.2, 0.25) is 0 Å². The van der Waals surface area contributed by atoms with E-state index in [2.05, 4.69) is 59.3 Å². The van der Waals surface area contributed by atoms with Crippen molar-refractivity contribution < 1.29 is 0 Å². The first-order valence-corrected chi connectivity index (χ1v) is 7.73. The second kappa shape index (κ2) is 5.35. The molecule has 1 aliphatic rings. The molecular weight excluding hydrogens is 252 g/mol. The highest BCUT2D eigenvalue weighted by Crippen LogP contribution is 2.37. The average Bonchev–Trinajstić information content (AvgIpc) is 3.05. The number of anilines is 1. The van der Waals surface area contributed by atoms with E-state index in [9.17, 15) is 0 Å². The molecule has 0 amide bonds. The minimum atomic E-state index is 0.649. The highest BCUT2D eigenvalue weighted by molar-refractivity contribution is 7.08. The monoisotopic (exact) mass is 272 g/mol. The molecule has 0 spiro atoms.